The summed E-state index contributed by atoms with van der Waals surface area (Å²) in [6.45, 7) is 10.4. The highest BCUT2D eigenvalue weighted by Gasteiger charge is 2.40. The third kappa shape index (κ3) is 4.97. The van der Waals surface area contributed by atoms with Gasteiger partial charge in [-0.25, -0.2) is 4.79 Å². The topological polar surface area (TPSA) is 49.9 Å². The Bertz CT molecular complexity index is 613. The highest BCUT2D eigenvalue weighted by Crippen LogP contribution is 2.31. The van der Waals surface area contributed by atoms with Crippen LogP contribution in [-0.2, 0) is 9.53 Å². The van der Waals surface area contributed by atoms with Crippen LogP contribution in [0, 0.1) is 11.8 Å². The first-order valence-electron chi connectivity index (χ1n) is 8.86. The first-order chi connectivity index (χ1) is 11.6. The number of nitrogens with zero attached hydrogens (tertiary/aromatic N) is 2. The number of carbonyl (C=O) groups is 2. The average molecular weight is 346 g/mol. The normalized spacial score (nSPS) is 26.2. The van der Waals surface area contributed by atoms with Gasteiger partial charge in [0.25, 0.3) is 0 Å². The van der Waals surface area contributed by atoms with Crippen molar-refractivity contribution in [3.05, 3.63) is 36.0 Å². The van der Waals surface area contributed by atoms with Gasteiger partial charge in [-0.1, -0.05) is 37.3 Å². The molecule has 0 bridgehead atoms. The van der Waals surface area contributed by atoms with Crippen molar-refractivity contribution in [1.29, 1.82) is 0 Å². The molecule has 5 nitrogen and oxygen atoms in total. The fourth-order valence-electron chi connectivity index (χ4n) is 3.20. The molecule has 0 aromatic rings. The van der Waals surface area contributed by atoms with Crippen molar-refractivity contribution in [3.63, 3.8) is 0 Å². The fraction of sp³-hybridized carbons (Fsp3) is 0.600. The Morgan fingerprint density at radius 1 is 1.24 bits per heavy atom. The van der Waals surface area contributed by atoms with Crippen LogP contribution < -0.4 is 0 Å². The largest absolute Gasteiger partial charge is 0.444 e. The Kier molecular flexibility index (Phi) is 5.76. The lowest BCUT2D eigenvalue weighted by molar-refractivity contribution is -0.128. The Hall–Kier alpha value is -2.04. The Morgan fingerprint density at radius 2 is 1.92 bits per heavy atom. The molecule has 0 aromatic carbocycles. The molecule has 1 saturated heterocycles. The molecule has 1 aliphatic heterocycles. The van der Waals surface area contributed by atoms with E-state index in [2.05, 4.69) is 37.3 Å². The molecule has 3 atom stereocenters. The molecule has 5 heteroatoms. The maximum absolute atomic E-state index is 12.5. The Labute approximate surface area is 151 Å². The zero-order valence-corrected chi connectivity index (χ0v) is 16.2. The first-order valence-corrected chi connectivity index (χ1v) is 8.86. The molecule has 2 rings (SSSR count). The van der Waals surface area contributed by atoms with E-state index in [0.29, 0.717) is 19.0 Å². The molecule has 2 aliphatic rings. The number of amides is 2. The van der Waals surface area contributed by atoms with E-state index in [-0.39, 0.29) is 24.0 Å². The van der Waals surface area contributed by atoms with Crippen molar-refractivity contribution in [3.8, 4) is 0 Å². The van der Waals surface area contributed by atoms with Crippen LogP contribution in [0.15, 0.2) is 36.0 Å². The van der Waals surface area contributed by atoms with E-state index in [9.17, 15) is 9.59 Å². The minimum atomic E-state index is -0.542. The van der Waals surface area contributed by atoms with Gasteiger partial charge in [-0.2, -0.15) is 0 Å². The van der Waals surface area contributed by atoms with Crippen molar-refractivity contribution in [2.45, 2.75) is 46.3 Å². The minimum Gasteiger partial charge on any atom is -0.444 e. The second-order valence-corrected chi connectivity index (χ2v) is 7.96. The lowest BCUT2D eigenvalue weighted by Gasteiger charge is -2.31. The molecule has 0 aromatic heterocycles. The Balaban J connectivity index is 2.24. The van der Waals surface area contributed by atoms with Crippen LogP contribution in [-0.4, -0.2) is 53.6 Å². The summed E-state index contributed by atoms with van der Waals surface area (Å²) in [6, 6.07) is -0.101. The van der Waals surface area contributed by atoms with Gasteiger partial charge in [-0.15, -0.1) is 0 Å². The van der Waals surface area contributed by atoms with Crippen LogP contribution in [0.25, 0.3) is 0 Å². The van der Waals surface area contributed by atoms with E-state index in [0.717, 1.165) is 5.57 Å². The predicted molar refractivity (Wildman–Crippen MR) is 99.1 cm³/mol. The molecule has 1 aliphatic carbocycles. The smallest absolute Gasteiger partial charge is 0.410 e. The van der Waals surface area contributed by atoms with Crippen LogP contribution in [0.1, 0.15) is 34.6 Å². The maximum Gasteiger partial charge on any atom is 0.410 e. The summed E-state index contributed by atoms with van der Waals surface area (Å²) in [4.78, 5) is 27.9. The van der Waals surface area contributed by atoms with E-state index in [1.165, 1.54) is 0 Å². The summed E-state index contributed by atoms with van der Waals surface area (Å²) < 4.78 is 5.52. The monoisotopic (exact) mass is 346 g/mol. The standard InChI is InChI=1S/C20H30N2O3/c1-14-8-7-9-16(11-10-14)17-12-22(15(2)23)13-18(17)21(6)19(24)25-20(3,4)5/h7-11,14,17-18H,12-13H2,1-6H3. The molecule has 0 saturated carbocycles. The number of ether oxygens (including phenoxy) is 1. The summed E-state index contributed by atoms with van der Waals surface area (Å²) in [5.41, 5.74) is 0.601. The predicted octanol–water partition coefficient (Wildman–Crippen LogP) is 3.39. The summed E-state index contributed by atoms with van der Waals surface area (Å²) >= 11 is 0. The molecule has 138 valence electrons. The van der Waals surface area contributed by atoms with Crippen molar-refractivity contribution < 1.29 is 14.3 Å². The second kappa shape index (κ2) is 7.46. The fourth-order valence-corrected chi connectivity index (χ4v) is 3.20. The van der Waals surface area contributed by atoms with E-state index in [4.69, 9.17) is 4.74 Å². The Morgan fingerprint density at radius 3 is 2.52 bits per heavy atom. The highest BCUT2D eigenvalue weighted by atomic mass is 16.6. The molecule has 1 fully saturated rings. The molecule has 1 heterocycles. The van der Waals surface area contributed by atoms with Gasteiger partial charge in [0.05, 0.1) is 6.04 Å². The van der Waals surface area contributed by atoms with Gasteiger partial charge < -0.3 is 14.5 Å². The molecule has 3 unspecified atom stereocenters. The van der Waals surface area contributed by atoms with Gasteiger partial charge >= 0.3 is 6.09 Å². The van der Waals surface area contributed by atoms with E-state index in [1.807, 2.05) is 25.7 Å². The number of likely N-dealkylation sites (N-methyl/N-ethyl adjacent to an activating group) is 1. The van der Waals surface area contributed by atoms with Crippen LogP contribution >= 0.6 is 0 Å². The van der Waals surface area contributed by atoms with E-state index in [1.54, 1.807) is 18.9 Å². The molecule has 25 heavy (non-hydrogen) atoms. The molecule has 0 radical (unpaired) electrons. The summed E-state index contributed by atoms with van der Waals surface area (Å²) in [5, 5.41) is 0. The van der Waals surface area contributed by atoms with Crippen LogP contribution in [0.4, 0.5) is 4.79 Å². The second-order valence-electron chi connectivity index (χ2n) is 7.96. The third-order valence-corrected chi connectivity index (χ3v) is 4.64. The highest BCUT2D eigenvalue weighted by molar-refractivity contribution is 5.74. The molecule has 0 spiro atoms. The summed E-state index contributed by atoms with van der Waals surface area (Å²) in [5.74, 6) is 0.487. The van der Waals surface area contributed by atoms with Gasteiger partial charge in [0.2, 0.25) is 5.91 Å². The van der Waals surface area contributed by atoms with Gasteiger partial charge in [0.1, 0.15) is 5.60 Å². The number of likely N-dealkylation sites (tertiary alicyclic amines) is 1. The zero-order chi connectivity index (χ0) is 18.8. The van der Waals surface area contributed by atoms with Gasteiger partial charge in [0.15, 0.2) is 0 Å². The molecular weight excluding hydrogens is 316 g/mol. The van der Waals surface area contributed by atoms with E-state index < -0.39 is 5.60 Å². The van der Waals surface area contributed by atoms with Crippen LogP contribution in [0.3, 0.4) is 0 Å². The molecule has 2 amide bonds. The number of allylic oxidation sites excluding steroid dienone is 5. The van der Waals surface area contributed by atoms with Crippen molar-refractivity contribution in [2.24, 2.45) is 11.8 Å². The summed E-state index contributed by atoms with van der Waals surface area (Å²) in [6.07, 6.45) is 10.2. The maximum atomic E-state index is 12.5. The van der Waals surface area contributed by atoms with E-state index >= 15 is 0 Å². The van der Waals surface area contributed by atoms with Gasteiger partial charge in [-0.3, -0.25) is 4.79 Å². The zero-order valence-electron chi connectivity index (χ0n) is 16.2. The van der Waals surface area contributed by atoms with Gasteiger partial charge in [-0.05, 0) is 32.3 Å². The van der Waals surface area contributed by atoms with Crippen molar-refractivity contribution >= 4 is 12.0 Å². The lowest BCUT2D eigenvalue weighted by Crippen LogP contribution is -2.45. The van der Waals surface area contributed by atoms with Crippen molar-refractivity contribution in [2.75, 3.05) is 20.1 Å². The summed E-state index contributed by atoms with van der Waals surface area (Å²) in [7, 11) is 1.76. The number of hydrogen-bond donors (Lipinski definition) is 0. The van der Waals surface area contributed by atoms with Crippen molar-refractivity contribution in [1.82, 2.24) is 9.80 Å². The quantitative estimate of drug-likeness (QED) is 0.770. The average Bonchev–Trinajstić information content (AvgIpc) is 2.82. The number of rotatable bonds is 2. The van der Waals surface area contributed by atoms with Gasteiger partial charge in [0, 0.05) is 33.0 Å². The molecule has 0 N–H and O–H groups in total. The third-order valence-electron chi connectivity index (χ3n) is 4.64. The first kappa shape index (κ1) is 19.3. The lowest BCUT2D eigenvalue weighted by atomic mass is 9.92. The minimum absolute atomic E-state index is 0.0344. The van der Waals surface area contributed by atoms with Crippen LogP contribution in [0.2, 0.25) is 0 Å². The number of hydrogen-bond acceptors (Lipinski definition) is 3. The number of carbonyl (C=O) groups excluding carboxylic acids is 2. The van der Waals surface area contributed by atoms with Crippen LogP contribution in [0.5, 0.6) is 0 Å². The molecular formula is C20H30N2O3. The SMILES string of the molecule is CC(=O)N1CC(C2=CC=CC(C)C=C2)C(N(C)C(=O)OC(C)(C)C)C1.